The van der Waals surface area contributed by atoms with Gasteiger partial charge >= 0.3 is 0 Å². The fourth-order valence-electron chi connectivity index (χ4n) is 2.43. The van der Waals surface area contributed by atoms with Crippen molar-refractivity contribution >= 4 is 15.9 Å². The third kappa shape index (κ3) is 3.47. The first-order chi connectivity index (χ1) is 9.76. The Kier molecular flexibility index (Phi) is 4.51. The van der Waals surface area contributed by atoms with Crippen LogP contribution in [0.5, 0.6) is 11.5 Å². The highest BCUT2D eigenvalue weighted by Gasteiger charge is 2.22. The second kappa shape index (κ2) is 6.35. The molecule has 0 radical (unpaired) electrons. The molecule has 0 heterocycles. The molecule has 1 aromatic carbocycles. The zero-order chi connectivity index (χ0) is 13.9. The molecule has 4 heteroatoms. The van der Waals surface area contributed by atoms with Crippen molar-refractivity contribution in [1.82, 2.24) is 5.32 Å². The fraction of sp³-hybridized carbons (Fsp3) is 0.625. The van der Waals surface area contributed by atoms with Gasteiger partial charge in [0.05, 0.1) is 18.2 Å². The average Bonchev–Trinajstić information content (AvgIpc) is 3.20. The lowest BCUT2D eigenvalue weighted by molar-refractivity contribution is 0.175. The Hall–Kier alpha value is -0.740. The smallest absolute Gasteiger partial charge is 0.175 e. The molecular weight excluding hydrogens is 318 g/mol. The first-order valence-electron chi connectivity index (χ1n) is 7.49. The van der Waals surface area contributed by atoms with Crippen molar-refractivity contribution < 1.29 is 9.47 Å². The van der Waals surface area contributed by atoms with Crippen LogP contribution in [0.25, 0.3) is 0 Å². The van der Waals surface area contributed by atoms with Crippen LogP contribution >= 0.6 is 15.9 Å². The van der Waals surface area contributed by atoms with Gasteiger partial charge in [-0.05, 0) is 65.2 Å². The number of hydrogen-bond donors (Lipinski definition) is 1. The van der Waals surface area contributed by atoms with Crippen molar-refractivity contribution in [2.75, 3.05) is 13.7 Å². The molecule has 2 aliphatic carbocycles. The number of nitrogens with one attached hydrogen (secondary N) is 1. The van der Waals surface area contributed by atoms with Gasteiger partial charge in [0.2, 0.25) is 0 Å². The molecule has 0 bridgehead atoms. The van der Waals surface area contributed by atoms with Crippen molar-refractivity contribution in [3.05, 3.63) is 22.2 Å². The minimum atomic E-state index is 0.717. The number of ether oxygens (including phenoxy) is 2. The van der Waals surface area contributed by atoms with Crippen LogP contribution in [-0.2, 0) is 6.54 Å². The number of rotatable bonds is 7. The quantitative estimate of drug-likeness (QED) is 0.817. The first kappa shape index (κ1) is 14.2. The molecule has 0 amide bonds. The molecular formula is C16H22BrNO2. The Morgan fingerprint density at radius 2 is 2.05 bits per heavy atom. The fourth-order valence-corrected chi connectivity index (χ4v) is 3.03. The van der Waals surface area contributed by atoms with Crippen molar-refractivity contribution in [3.63, 3.8) is 0 Å². The van der Waals surface area contributed by atoms with Crippen LogP contribution in [0.1, 0.15) is 37.7 Å². The van der Waals surface area contributed by atoms with Gasteiger partial charge in [0.1, 0.15) is 0 Å². The van der Waals surface area contributed by atoms with Crippen molar-refractivity contribution in [2.45, 2.75) is 44.7 Å². The summed E-state index contributed by atoms with van der Waals surface area (Å²) in [6.07, 6.45) is 6.55. The molecule has 1 N–H and O–H groups in total. The molecule has 1 aromatic rings. The summed E-state index contributed by atoms with van der Waals surface area (Å²) in [5.41, 5.74) is 1.23. The second-order valence-electron chi connectivity index (χ2n) is 5.87. The molecule has 2 fully saturated rings. The van der Waals surface area contributed by atoms with E-state index in [-0.39, 0.29) is 0 Å². The summed E-state index contributed by atoms with van der Waals surface area (Å²) in [7, 11) is 1.70. The van der Waals surface area contributed by atoms with Crippen LogP contribution < -0.4 is 14.8 Å². The maximum Gasteiger partial charge on any atom is 0.175 e. The first-order valence-corrected chi connectivity index (χ1v) is 8.28. The van der Waals surface area contributed by atoms with E-state index >= 15 is 0 Å². The van der Waals surface area contributed by atoms with Crippen LogP contribution in [0.4, 0.5) is 0 Å². The standard InChI is InChI=1S/C16H22BrNO2/c1-19-15-8-12(9-18-13-5-6-13)7-14(17)16(15)20-10-11-3-2-4-11/h7-8,11,13,18H,2-6,9-10H2,1H3. The lowest BCUT2D eigenvalue weighted by Crippen LogP contribution is -2.19. The van der Waals surface area contributed by atoms with Gasteiger partial charge in [-0.1, -0.05) is 6.42 Å². The summed E-state index contributed by atoms with van der Waals surface area (Å²) in [6, 6.07) is 4.93. The number of halogens is 1. The van der Waals surface area contributed by atoms with Crippen LogP contribution in [0.3, 0.4) is 0 Å². The predicted molar refractivity (Wildman–Crippen MR) is 83.4 cm³/mol. The predicted octanol–water partition coefficient (Wildman–Crippen LogP) is 3.89. The summed E-state index contributed by atoms with van der Waals surface area (Å²) in [4.78, 5) is 0. The molecule has 3 rings (SSSR count). The van der Waals surface area contributed by atoms with E-state index in [0.717, 1.165) is 35.0 Å². The Morgan fingerprint density at radius 3 is 2.65 bits per heavy atom. The highest BCUT2D eigenvalue weighted by molar-refractivity contribution is 9.10. The number of methoxy groups -OCH3 is 1. The molecule has 0 aromatic heterocycles. The SMILES string of the molecule is COc1cc(CNC2CC2)cc(Br)c1OCC1CCC1. The summed E-state index contributed by atoms with van der Waals surface area (Å²) >= 11 is 3.62. The van der Waals surface area contributed by atoms with Crippen molar-refractivity contribution in [1.29, 1.82) is 0 Å². The molecule has 0 spiro atoms. The molecule has 2 aliphatic rings. The van der Waals surface area contributed by atoms with Crippen LogP contribution in [0.15, 0.2) is 16.6 Å². The molecule has 3 nitrogen and oxygen atoms in total. The summed E-state index contributed by atoms with van der Waals surface area (Å²) in [5.74, 6) is 2.39. The zero-order valence-corrected chi connectivity index (χ0v) is 13.5. The number of benzene rings is 1. The van der Waals surface area contributed by atoms with Gasteiger partial charge in [-0.25, -0.2) is 0 Å². The summed E-state index contributed by atoms with van der Waals surface area (Å²) < 4.78 is 12.4. The van der Waals surface area contributed by atoms with E-state index in [9.17, 15) is 0 Å². The molecule has 0 aliphatic heterocycles. The van der Waals surface area contributed by atoms with E-state index < -0.39 is 0 Å². The maximum atomic E-state index is 5.96. The largest absolute Gasteiger partial charge is 0.493 e. The monoisotopic (exact) mass is 339 g/mol. The van der Waals surface area contributed by atoms with Gasteiger partial charge in [-0.15, -0.1) is 0 Å². The van der Waals surface area contributed by atoms with Gasteiger partial charge in [-0.2, -0.15) is 0 Å². The minimum Gasteiger partial charge on any atom is -0.493 e. The van der Waals surface area contributed by atoms with Crippen molar-refractivity contribution in [2.24, 2.45) is 5.92 Å². The Labute approximate surface area is 129 Å². The molecule has 20 heavy (non-hydrogen) atoms. The lowest BCUT2D eigenvalue weighted by Gasteiger charge is -2.26. The third-order valence-electron chi connectivity index (χ3n) is 4.15. The average molecular weight is 340 g/mol. The zero-order valence-electron chi connectivity index (χ0n) is 12.0. The van der Waals surface area contributed by atoms with E-state index in [1.165, 1.54) is 37.7 Å². The molecule has 0 unspecified atom stereocenters. The summed E-state index contributed by atoms with van der Waals surface area (Å²) in [5, 5.41) is 3.52. The van der Waals surface area contributed by atoms with Gasteiger partial charge in [0, 0.05) is 12.6 Å². The summed E-state index contributed by atoms with van der Waals surface area (Å²) in [6.45, 7) is 1.69. The second-order valence-corrected chi connectivity index (χ2v) is 6.73. The van der Waals surface area contributed by atoms with Crippen molar-refractivity contribution in [3.8, 4) is 11.5 Å². The molecule has 0 saturated heterocycles. The third-order valence-corrected chi connectivity index (χ3v) is 4.74. The van der Waals surface area contributed by atoms with E-state index in [4.69, 9.17) is 9.47 Å². The van der Waals surface area contributed by atoms with E-state index in [2.05, 4.69) is 33.4 Å². The van der Waals surface area contributed by atoms with E-state index in [1.54, 1.807) is 7.11 Å². The molecule has 2 saturated carbocycles. The Morgan fingerprint density at radius 1 is 1.25 bits per heavy atom. The van der Waals surface area contributed by atoms with Crippen LogP contribution in [-0.4, -0.2) is 19.8 Å². The van der Waals surface area contributed by atoms with Crippen LogP contribution in [0.2, 0.25) is 0 Å². The normalized spacial score (nSPS) is 18.7. The molecule has 0 atom stereocenters. The van der Waals surface area contributed by atoms with Gasteiger partial charge in [0.15, 0.2) is 11.5 Å². The highest BCUT2D eigenvalue weighted by Crippen LogP contribution is 2.38. The Balaban J connectivity index is 1.66. The lowest BCUT2D eigenvalue weighted by atomic mass is 9.86. The van der Waals surface area contributed by atoms with Gasteiger partial charge in [-0.3, -0.25) is 0 Å². The van der Waals surface area contributed by atoms with Gasteiger partial charge < -0.3 is 14.8 Å². The van der Waals surface area contributed by atoms with Gasteiger partial charge in [0.25, 0.3) is 0 Å². The number of hydrogen-bond acceptors (Lipinski definition) is 3. The maximum absolute atomic E-state index is 5.96. The molecule has 110 valence electrons. The highest BCUT2D eigenvalue weighted by atomic mass is 79.9. The minimum absolute atomic E-state index is 0.717. The topological polar surface area (TPSA) is 30.5 Å². The van der Waals surface area contributed by atoms with E-state index in [0.29, 0.717) is 6.04 Å². The Bertz CT molecular complexity index is 470. The van der Waals surface area contributed by atoms with E-state index in [1.807, 2.05) is 0 Å². The van der Waals surface area contributed by atoms with Crippen LogP contribution in [0, 0.1) is 5.92 Å².